The number of carbonyl (C=O) groups excluding carboxylic acids is 2. The number of benzene rings is 1. The Kier molecular flexibility index (Phi) is 12.5. The van der Waals surface area contributed by atoms with Crippen molar-refractivity contribution in [3.8, 4) is 0 Å². The lowest BCUT2D eigenvalue weighted by Gasteiger charge is -2.25. The summed E-state index contributed by atoms with van der Waals surface area (Å²) in [5.74, 6) is -0.306. The zero-order valence-corrected chi connectivity index (χ0v) is 17.8. The SMILES string of the molecule is CN(C)CCNC(=O)c1cccc(CNC(=O)[C@@H](N)C(C)(C)C)c1.Cl.Cl. The van der Waals surface area contributed by atoms with Crippen LogP contribution >= 0.6 is 24.8 Å². The van der Waals surface area contributed by atoms with E-state index in [1.807, 2.05) is 51.9 Å². The van der Waals surface area contributed by atoms with E-state index in [-0.39, 0.29) is 42.0 Å². The van der Waals surface area contributed by atoms with Crippen molar-refractivity contribution in [1.82, 2.24) is 15.5 Å². The fraction of sp³-hybridized carbons (Fsp3) is 0.556. The Balaban J connectivity index is 0. The first-order valence-electron chi connectivity index (χ1n) is 8.16. The third-order valence-corrected chi connectivity index (χ3v) is 3.72. The summed E-state index contributed by atoms with van der Waals surface area (Å²) >= 11 is 0. The van der Waals surface area contributed by atoms with Gasteiger partial charge in [-0.05, 0) is 37.2 Å². The van der Waals surface area contributed by atoms with Crippen LogP contribution in [0.2, 0.25) is 0 Å². The Hall–Kier alpha value is -1.34. The van der Waals surface area contributed by atoms with Crippen LogP contribution in [-0.4, -0.2) is 49.9 Å². The van der Waals surface area contributed by atoms with Gasteiger partial charge in [0.15, 0.2) is 0 Å². The van der Waals surface area contributed by atoms with Crippen molar-refractivity contribution in [1.29, 1.82) is 0 Å². The van der Waals surface area contributed by atoms with Crippen LogP contribution in [0.3, 0.4) is 0 Å². The first kappa shape index (κ1) is 26.9. The maximum Gasteiger partial charge on any atom is 0.251 e. The molecule has 0 heterocycles. The summed E-state index contributed by atoms with van der Waals surface area (Å²) in [4.78, 5) is 26.2. The number of rotatable bonds is 7. The van der Waals surface area contributed by atoms with Crippen LogP contribution in [0.5, 0.6) is 0 Å². The van der Waals surface area contributed by atoms with Gasteiger partial charge >= 0.3 is 0 Å². The third kappa shape index (κ3) is 9.38. The molecule has 26 heavy (non-hydrogen) atoms. The van der Waals surface area contributed by atoms with Crippen LogP contribution in [0.15, 0.2) is 24.3 Å². The zero-order chi connectivity index (χ0) is 18.3. The molecule has 6 nitrogen and oxygen atoms in total. The molecule has 0 aromatic heterocycles. The maximum atomic E-state index is 12.1. The molecule has 0 saturated heterocycles. The molecule has 4 N–H and O–H groups in total. The molecule has 0 aliphatic carbocycles. The van der Waals surface area contributed by atoms with Crippen LogP contribution < -0.4 is 16.4 Å². The average Bonchev–Trinajstić information content (AvgIpc) is 2.50. The average molecular weight is 407 g/mol. The van der Waals surface area contributed by atoms with Crippen LogP contribution in [0, 0.1) is 5.41 Å². The van der Waals surface area contributed by atoms with Crippen molar-refractivity contribution in [3.63, 3.8) is 0 Å². The Morgan fingerprint density at radius 1 is 1.15 bits per heavy atom. The number of amides is 2. The minimum absolute atomic E-state index is 0. The molecular weight excluding hydrogens is 375 g/mol. The smallest absolute Gasteiger partial charge is 0.251 e. The van der Waals surface area contributed by atoms with Gasteiger partial charge in [0.05, 0.1) is 6.04 Å². The van der Waals surface area contributed by atoms with E-state index in [4.69, 9.17) is 5.73 Å². The number of likely N-dealkylation sites (N-methyl/N-ethyl adjacent to an activating group) is 1. The van der Waals surface area contributed by atoms with E-state index in [1.165, 1.54) is 0 Å². The van der Waals surface area contributed by atoms with E-state index in [0.717, 1.165) is 12.1 Å². The molecule has 8 heteroatoms. The minimum Gasteiger partial charge on any atom is -0.351 e. The van der Waals surface area contributed by atoms with Gasteiger partial charge in [0.1, 0.15) is 0 Å². The maximum absolute atomic E-state index is 12.1. The Bertz CT molecular complexity index is 575. The fourth-order valence-electron chi connectivity index (χ4n) is 2.01. The van der Waals surface area contributed by atoms with Crippen LogP contribution in [-0.2, 0) is 11.3 Å². The second-order valence-corrected chi connectivity index (χ2v) is 7.32. The van der Waals surface area contributed by atoms with E-state index in [2.05, 4.69) is 10.6 Å². The van der Waals surface area contributed by atoms with E-state index in [0.29, 0.717) is 18.7 Å². The van der Waals surface area contributed by atoms with Crippen LogP contribution in [0.25, 0.3) is 0 Å². The number of hydrogen-bond donors (Lipinski definition) is 3. The van der Waals surface area contributed by atoms with Gasteiger partial charge in [-0.3, -0.25) is 9.59 Å². The topological polar surface area (TPSA) is 87.5 Å². The summed E-state index contributed by atoms with van der Waals surface area (Å²) in [5.41, 5.74) is 7.09. The summed E-state index contributed by atoms with van der Waals surface area (Å²) in [5, 5.41) is 5.70. The van der Waals surface area contributed by atoms with Crippen molar-refractivity contribution in [2.75, 3.05) is 27.2 Å². The van der Waals surface area contributed by atoms with Crippen molar-refractivity contribution in [3.05, 3.63) is 35.4 Å². The Morgan fingerprint density at radius 3 is 2.31 bits per heavy atom. The number of carbonyl (C=O) groups is 2. The minimum atomic E-state index is -0.574. The summed E-state index contributed by atoms with van der Waals surface area (Å²) in [6.07, 6.45) is 0. The van der Waals surface area contributed by atoms with Crippen molar-refractivity contribution in [2.24, 2.45) is 11.1 Å². The van der Waals surface area contributed by atoms with E-state index in [9.17, 15) is 9.59 Å². The molecule has 0 aliphatic heterocycles. The third-order valence-electron chi connectivity index (χ3n) is 3.72. The highest BCUT2D eigenvalue weighted by Crippen LogP contribution is 2.17. The Morgan fingerprint density at radius 2 is 1.77 bits per heavy atom. The second-order valence-electron chi connectivity index (χ2n) is 7.32. The van der Waals surface area contributed by atoms with Gasteiger partial charge in [0.25, 0.3) is 5.91 Å². The molecule has 0 unspecified atom stereocenters. The van der Waals surface area contributed by atoms with Crippen molar-refractivity contribution < 1.29 is 9.59 Å². The van der Waals surface area contributed by atoms with Crippen LogP contribution in [0.1, 0.15) is 36.7 Å². The number of nitrogens with one attached hydrogen (secondary N) is 2. The van der Waals surface area contributed by atoms with Gasteiger partial charge in [-0.25, -0.2) is 0 Å². The number of nitrogens with zero attached hydrogens (tertiary/aromatic N) is 1. The lowest BCUT2D eigenvalue weighted by Crippen LogP contribution is -2.48. The van der Waals surface area contributed by atoms with E-state index in [1.54, 1.807) is 12.1 Å². The monoisotopic (exact) mass is 406 g/mol. The molecule has 1 atom stereocenters. The summed E-state index contributed by atoms with van der Waals surface area (Å²) in [6.45, 7) is 7.50. The number of hydrogen-bond acceptors (Lipinski definition) is 4. The predicted molar refractivity (Wildman–Crippen MR) is 111 cm³/mol. The summed E-state index contributed by atoms with van der Waals surface area (Å²) in [6, 6.07) is 6.66. The molecule has 0 radical (unpaired) electrons. The first-order chi connectivity index (χ1) is 11.1. The van der Waals surface area contributed by atoms with Gasteiger partial charge in [0, 0.05) is 25.2 Å². The first-order valence-corrected chi connectivity index (χ1v) is 8.16. The van der Waals surface area contributed by atoms with Crippen LogP contribution in [0.4, 0.5) is 0 Å². The Labute approximate surface area is 169 Å². The molecular formula is C18H32Cl2N4O2. The van der Waals surface area contributed by atoms with Gasteiger partial charge in [-0.2, -0.15) is 0 Å². The lowest BCUT2D eigenvalue weighted by atomic mass is 9.87. The molecule has 150 valence electrons. The quantitative estimate of drug-likeness (QED) is 0.644. The van der Waals surface area contributed by atoms with Gasteiger partial charge in [-0.1, -0.05) is 32.9 Å². The summed E-state index contributed by atoms with van der Waals surface area (Å²) in [7, 11) is 3.91. The molecule has 1 aromatic rings. The number of halogens is 2. The largest absolute Gasteiger partial charge is 0.351 e. The highest BCUT2D eigenvalue weighted by Gasteiger charge is 2.27. The second kappa shape index (κ2) is 12.1. The molecule has 1 rings (SSSR count). The molecule has 2 amide bonds. The molecule has 0 fully saturated rings. The fourth-order valence-corrected chi connectivity index (χ4v) is 2.01. The molecule has 0 bridgehead atoms. The van der Waals surface area contributed by atoms with Gasteiger partial charge in [0.2, 0.25) is 5.91 Å². The number of nitrogens with two attached hydrogens (primary N) is 1. The highest BCUT2D eigenvalue weighted by molar-refractivity contribution is 5.94. The predicted octanol–water partition coefficient (Wildman–Crippen LogP) is 1.81. The van der Waals surface area contributed by atoms with Crippen molar-refractivity contribution in [2.45, 2.75) is 33.4 Å². The lowest BCUT2D eigenvalue weighted by molar-refractivity contribution is -0.124. The molecule has 0 aliphatic rings. The molecule has 1 aromatic carbocycles. The van der Waals surface area contributed by atoms with Crippen molar-refractivity contribution >= 4 is 36.6 Å². The zero-order valence-electron chi connectivity index (χ0n) is 16.2. The van der Waals surface area contributed by atoms with Gasteiger partial charge < -0.3 is 21.3 Å². The highest BCUT2D eigenvalue weighted by atomic mass is 35.5. The van der Waals surface area contributed by atoms with E-state index < -0.39 is 6.04 Å². The van der Waals surface area contributed by atoms with Gasteiger partial charge in [-0.15, -0.1) is 24.8 Å². The van der Waals surface area contributed by atoms with E-state index >= 15 is 0 Å². The standard InChI is InChI=1S/C18H30N4O2.2ClH/c1-18(2,3)15(19)17(24)21-12-13-7-6-8-14(11-13)16(23)20-9-10-22(4)5;;/h6-8,11,15H,9-10,12,19H2,1-5H3,(H,20,23)(H,21,24);2*1H/t15-;;/m1../s1. The summed E-state index contributed by atoms with van der Waals surface area (Å²) < 4.78 is 0. The normalized spacial score (nSPS) is 11.8. The molecule has 0 spiro atoms. The molecule has 0 saturated carbocycles.